The molecule has 132 valence electrons. The van der Waals surface area contributed by atoms with E-state index in [1.54, 1.807) is 7.11 Å². The fourth-order valence-electron chi connectivity index (χ4n) is 3.02. The molecule has 1 heterocycles. The smallest absolute Gasteiger partial charge is 0.121 e. The maximum atomic E-state index is 5.44. The third-order valence-electron chi connectivity index (χ3n) is 4.15. The molecule has 0 fully saturated rings. The number of anilines is 1. The summed E-state index contributed by atoms with van der Waals surface area (Å²) >= 11 is 0. The van der Waals surface area contributed by atoms with Crippen LogP contribution in [0.25, 0.3) is 10.9 Å². The molecule has 1 aromatic carbocycles. The molecule has 0 bridgehead atoms. The van der Waals surface area contributed by atoms with Crippen molar-refractivity contribution in [2.75, 3.05) is 25.5 Å². The van der Waals surface area contributed by atoms with Gasteiger partial charge in [-0.2, -0.15) is 0 Å². The fraction of sp³-hybridized carbons (Fsp3) is 0.550. The highest BCUT2D eigenvalue weighted by Crippen LogP contribution is 2.28. The van der Waals surface area contributed by atoms with Gasteiger partial charge in [0.2, 0.25) is 0 Å². The molecule has 0 saturated heterocycles. The number of pyridine rings is 1. The van der Waals surface area contributed by atoms with Gasteiger partial charge < -0.3 is 10.1 Å². The van der Waals surface area contributed by atoms with Gasteiger partial charge in [0.1, 0.15) is 5.75 Å². The molecule has 0 unspecified atom stereocenters. The van der Waals surface area contributed by atoms with Gasteiger partial charge in [-0.25, -0.2) is 0 Å². The van der Waals surface area contributed by atoms with E-state index in [2.05, 4.69) is 55.9 Å². The second-order valence-electron chi connectivity index (χ2n) is 7.24. The van der Waals surface area contributed by atoms with E-state index in [0.29, 0.717) is 18.0 Å². The quantitative estimate of drug-likeness (QED) is 0.778. The Labute approximate surface area is 146 Å². The molecule has 4 heteroatoms. The van der Waals surface area contributed by atoms with Crippen LogP contribution in [-0.2, 0) is 0 Å². The first-order valence-electron chi connectivity index (χ1n) is 8.84. The van der Waals surface area contributed by atoms with Gasteiger partial charge in [0.25, 0.3) is 0 Å². The predicted molar refractivity (Wildman–Crippen MR) is 103 cm³/mol. The lowest BCUT2D eigenvalue weighted by molar-refractivity contribution is 0.192. The van der Waals surface area contributed by atoms with E-state index in [4.69, 9.17) is 4.74 Å². The zero-order valence-electron chi connectivity index (χ0n) is 15.8. The third-order valence-corrected chi connectivity index (χ3v) is 4.15. The van der Waals surface area contributed by atoms with Crippen LogP contribution in [0, 0.1) is 5.92 Å². The molecule has 2 rings (SSSR count). The Morgan fingerprint density at radius 1 is 1.12 bits per heavy atom. The van der Waals surface area contributed by atoms with Crippen LogP contribution in [0.1, 0.15) is 34.6 Å². The van der Waals surface area contributed by atoms with E-state index in [-0.39, 0.29) is 0 Å². The molecule has 0 aliphatic rings. The molecule has 0 radical (unpaired) electrons. The Hall–Kier alpha value is -1.81. The van der Waals surface area contributed by atoms with Crippen molar-refractivity contribution in [1.82, 2.24) is 9.88 Å². The van der Waals surface area contributed by atoms with E-state index in [0.717, 1.165) is 35.4 Å². The van der Waals surface area contributed by atoms with Gasteiger partial charge in [0, 0.05) is 42.8 Å². The molecular formula is C20H31N3O. The fourth-order valence-corrected chi connectivity index (χ4v) is 3.02. The molecule has 0 aliphatic carbocycles. The molecule has 4 nitrogen and oxygen atoms in total. The van der Waals surface area contributed by atoms with Gasteiger partial charge in [-0.3, -0.25) is 9.88 Å². The summed E-state index contributed by atoms with van der Waals surface area (Å²) in [7, 11) is 1.70. The standard InChI is InChI=1S/C20H31N3O/c1-14(2)12-23(15(3)4)13-16(5)22-19-11-18(24-6)10-17-8-7-9-21-20(17)19/h7-11,14-16,22H,12-13H2,1-6H3/t16-/m0/s1. The van der Waals surface area contributed by atoms with Crippen molar-refractivity contribution in [2.45, 2.75) is 46.7 Å². The summed E-state index contributed by atoms with van der Waals surface area (Å²) in [5, 5.41) is 4.73. The van der Waals surface area contributed by atoms with Crippen LogP contribution < -0.4 is 10.1 Å². The maximum Gasteiger partial charge on any atom is 0.121 e. The molecule has 0 aliphatic heterocycles. The van der Waals surface area contributed by atoms with E-state index in [9.17, 15) is 0 Å². The Morgan fingerprint density at radius 2 is 1.88 bits per heavy atom. The zero-order valence-corrected chi connectivity index (χ0v) is 15.8. The SMILES string of the molecule is COc1cc(N[C@@H](C)CN(CC(C)C)C(C)C)c2ncccc2c1. The number of nitrogens with one attached hydrogen (secondary N) is 1. The van der Waals surface area contributed by atoms with E-state index in [1.807, 2.05) is 24.4 Å². The zero-order chi connectivity index (χ0) is 17.7. The molecule has 1 aromatic heterocycles. The number of fused-ring (bicyclic) bond motifs is 1. The van der Waals surface area contributed by atoms with E-state index < -0.39 is 0 Å². The van der Waals surface area contributed by atoms with Crippen LogP contribution in [0.3, 0.4) is 0 Å². The van der Waals surface area contributed by atoms with Crippen molar-refractivity contribution in [1.29, 1.82) is 0 Å². The van der Waals surface area contributed by atoms with Gasteiger partial charge in [-0.1, -0.05) is 19.9 Å². The van der Waals surface area contributed by atoms with Crippen LogP contribution >= 0.6 is 0 Å². The Bertz CT molecular complexity index is 654. The number of hydrogen-bond acceptors (Lipinski definition) is 4. The molecule has 0 spiro atoms. The summed E-state index contributed by atoms with van der Waals surface area (Å²) in [6, 6.07) is 8.95. The van der Waals surface area contributed by atoms with Crippen molar-refractivity contribution < 1.29 is 4.74 Å². The second kappa shape index (κ2) is 8.34. The maximum absolute atomic E-state index is 5.44. The monoisotopic (exact) mass is 329 g/mol. The minimum absolute atomic E-state index is 0.323. The largest absolute Gasteiger partial charge is 0.497 e. The second-order valence-corrected chi connectivity index (χ2v) is 7.24. The van der Waals surface area contributed by atoms with E-state index in [1.165, 1.54) is 0 Å². The lowest BCUT2D eigenvalue weighted by atomic mass is 10.1. The van der Waals surface area contributed by atoms with Gasteiger partial charge in [0.05, 0.1) is 18.3 Å². The number of hydrogen-bond donors (Lipinski definition) is 1. The molecule has 0 saturated carbocycles. The van der Waals surface area contributed by atoms with Crippen molar-refractivity contribution >= 4 is 16.6 Å². The molecule has 1 N–H and O–H groups in total. The minimum Gasteiger partial charge on any atom is -0.497 e. The first-order valence-corrected chi connectivity index (χ1v) is 8.84. The molecule has 2 aromatic rings. The highest BCUT2D eigenvalue weighted by atomic mass is 16.5. The number of benzene rings is 1. The summed E-state index contributed by atoms with van der Waals surface area (Å²) in [6.45, 7) is 13.4. The Kier molecular flexibility index (Phi) is 6.44. The number of nitrogens with zero attached hydrogens (tertiary/aromatic N) is 2. The van der Waals surface area contributed by atoms with Crippen LogP contribution in [0.15, 0.2) is 30.5 Å². The first kappa shape index (κ1) is 18.5. The van der Waals surface area contributed by atoms with Gasteiger partial charge in [0.15, 0.2) is 0 Å². The first-order chi connectivity index (χ1) is 11.4. The number of ether oxygens (including phenoxy) is 1. The average molecular weight is 329 g/mol. The predicted octanol–water partition coefficient (Wildman–Crippen LogP) is 4.41. The summed E-state index contributed by atoms with van der Waals surface area (Å²) in [5.74, 6) is 1.52. The van der Waals surface area contributed by atoms with Crippen LogP contribution in [0.5, 0.6) is 5.75 Å². The highest BCUT2D eigenvalue weighted by Gasteiger charge is 2.16. The van der Waals surface area contributed by atoms with Crippen molar-refractivity contribution in [3.63, 3.8) is 0 Å². The Balaban J connectivity index is 2.18. The summed E-state index contributed by atoms with van der Waals surface area (Å²) in [4.78, 5) is 7.07. The lowest BCUT2D eigenvalue weighted by Crippen LogP contribution is -2.41. The molecule has 0 amide bonds. The lowest BCUT2D eigenvalue weighted by Gasteiger charge is -2.31. The summed E-state index contributed by atoms with van der Waals surface area (Å²) in [6.07, 6.45) is 1.84. The number of rotatable bonds is 8. The van der Waals surface area contributed by atoms with Crippen LogP contribution in [-0.4, -0.2) is 42.2 Å². The normalized spacial score (nSPS) is 13.0. The van der Waals surface area contributed by atoms with Gasteiger partial charge in [-0.15, -0.1) is 0 Å². The summed E-state index contributed by atoms with van der Waals surface area (Å²) < 4.78 is 5.44. The molecular weight excluding hydrogens is 298 g/mol. The highest BCUT2D eigenvalue weighted by molar-refractivity contribution is 5.91. The van der Waals surface area contributed by atoms with E-state index >= 15 is 0 Å². The van der Waals surface area contributed by atoms with Crippen LogP contribution in [0.4, 0.5) is 5.69 Å². The topological polar surface area (TPSA) is 37.4 Å². The van der Waals surface area contributed by atoms with Crippen LogP contribution in [0.2, 0.25) is 0 Å². The van der Waals surface area contributed by atoms with Crippen molar-refractivity contribution in [2.24, 2.45) is 5.92 Å². The molecule has 1 atom stereocenters. The van der Waals surface area contributed by atoms with Gasteiger partial charge >= 0.3 is 0 Å². The van der Waals surface area contributed by atoms with Crippen molar-refractivity contribution in [3.8, 4) is 5.75 Å². The number of aromatic nitrogens is 1. The third kappa shape index (κ3) is 4.84. The Morgan fingerprint density at radius 3 is 2.50 bits per heavy atom. The summed E-state index contributed by atoms with van der Waals surface area (Å²) in [5.41, 5.74) is 2.02. The van der Waals surface area contributed by atoms with Gasteiger partial charge in [-0.05, 0) is 38.8 Å². The average Bonchev–Trinajstić information content (AvgIpc) is 2.53. The minimum atomic E-state index is 0.323. The molecule has 24 heavy (non-hydrogen) atoms. The van der Waals surface area contributed by atoms with Crippen molar-refractivity contribution in [3.05, 3.63) is 30.5 Å². The number of methoxy groups -OCH3 is 1.